The molecule has 0 spiro atoms. The molecule has 1 atom stereocenters. The standard InChI is InChI=1S/C7H14BNO4/c1-8(11)9-3-4-13-5-6(9)7(10)12-2/h6,11H,3-5H2,1-2H3. The Morgan fingerprint density at radius 2 is 2.46 bits per heavy atom. The zero-order chi connectivity index (χ0) is 9.84. The average Bonchev–Trinajstić information content (AvgIpc) is 2.16. The van der Waals surface area contributed by atoms with Crippen LogP contribution in [0.5, 0.6) is 0 Å². The molecule has 13 heavy (non-hydrogen) atoms. The van der Waals surface area contributed by atoms with Gasteiger partial charge in [0.15, 0.2) is 0 Å². The van der Waals surface area contributed by atoms with Crippen molar-refractivity contribution < 1.29 is 19.3 Å². The number of rotatable bonds is 2. The Labute approximate surface area is 77.7 Å². The third kappa shape index (κ3) is 2.43. The lowest BCUT2D eigenvalue weighted by Crippen LogP contribution is -2.55. The van der Waals surface area contributed by atoms with Crippen LogP contribution in [-0.4, -0.2) is 55.8 Å². The van der Waals surface area contributed by atoms with Gasteiger partial charge < -0.3 is 19.3 Å². The van der Waals surface area contributed by atoms with Gasteiger partial charge in [-0.2, -0.15) is 0 Å². The van der Waals surface area contributed by atoms with Gasteiger partial charge in [0.1, 0.15) is 6.04 Å². The number of ether oxygens (including phenoxy) is 2. The van der Waals surface area contributed by atoms with Crippen LogP contribution in [0.3, 0.4) is 0 Å². The number of morpholine rings is 1. The van der Waals surface area contributed by atoms with E-state index in [9.17, 15) is 9.82 Å². The van der Waals surface area contributed by atoms with Gasteiger partial charge >= 0.3 is 13.0 Å². The molecule has 1 saturated heterocycles. The molecule has 1 rings (SSSR count). The fourth-order valence-electron chi connectivity index (χ4n) is 1.40. The Morgan fingerprint density at radius 1 is 1.77 bits per heavy atom. The van der Waals surface area contributed by atoms with Crippen LogP contribution < -0.4 is 0 Å². The van der Waals surface area contributed by atoms with Crippen molar-refractivity contribution in [2.24, 2.45) is 0 Å². The first-order chi connectivity index (χ1) is 6.16. The number of nitrogens with zero attached hydrogens (tertiary/aromatic N) is 1. The van der Waals surface area contributed by atoms with Crippen molar-refractivity contribution in [3.63, 3.8) is 0 Å². The van der Waals surface area contributed by atoms with Gasteiger partial charge in [-0.15, -0.1) is 0 Å². The topological polar surface area (TPSA) is 59.0 Å². The number of carbonyl (C=O) groups is 1. The van der Waals surface area contributed by atoms with Gasteiger partial charge in [-0.1, -0.05) is 0 Å². The predicted octanol–water partition coefficient (Wildman–Crippen LogP) is -1.03. The summed E-state index contributed by atoms with van der Waals surface area (Å²) in [5.74, 6) is -0.361. The summed E-state index contributed by atoms with van der Waals surface area (Å²) in [5, 5.41) is 9.35. The lowest BCUT2D eigenvalue weighted by molar-refractivity contribution is -0.150. The van der Waals surface area contributed by atoms with E-state index in [4.69, 9.17) is 4.74 Å². The SMILES string of the molecule is COC(=O)C1COCCN1B(C)O. The van der Waals surface area contributed by atoms with Gasteiger partial charge in [0.25, 0.3) is 0 Å². The number of esters is 1. The van der Waals surface area contributed by atoms with E-state index in [0.29, 0.717) is 13.2 Å². The molecule has 0 radical (unpaired) electrons. The third-order valence-electron chi connectivity index (χ3n) is 2.12. The second kappa shape index (κ2) is 4.60. The van der Waals surface area contributed by atoms with Crippen LogP contribution in [0.15, 0.2) is 0 Å². The highest BCUT2D eigenvalue weighted by Crippen LogP contribution is 2.09. The minimum Gasteiger partial charge on any atom is -0.468 e. The van der Waals surface area contributed by atoms with E-state index in [1.807, 2.05) is 0 Å². The van der Waals surface area contributed by atoms with Crippen LogP contribution >= 0.6 is 0 Å². The van der Waals surface area contributed by atoms with Crippen molar-refractivity contribution in [3.8, 4) is 0 Å². The van der Waals surface area contributed by atoms with Crippen LogP contribution in [0.4, 0.5) is 0 Å². The van der Waals surface area contributed by atoms with E-state index in [2.05, 4.69) is 4.74 Å². The maximum Gasteiger partial charge on any atom is 0.377 e. The fourth-order valence-corrected chi connectivity index (χ4v) is 1.40. The Bertz CT molecular complexity index is 187. The van der Waals surface area contributed by atoms with Gasteiger partial charge in [0, 0.05) is 6.54 Å². The molecule has 1 heterocycles. The summed E-state index contributed by atoms with van der Waals surface area (Å²) < 4.78 is 9.73. The van der Waals surface area contributed by atoms with Crippen LogP contribution in [-0.2, 0) is 14.3 Å². The highest BCUT2D eigenvalue weighted by Gasteiger charge is 2.34. The largest absolute Gasteiger partial charge is 0.468 e. The molecule has 0 bridgehead atoms. The molecule has 6 heteroatoms. The second-order valence-electron chi connectivity index (χ2n) is 2.98. The molecular weight excluding hydrogens is 173 g/mol. The molecule has 0 aromatic rings. The van der Waals surface area contributed by atoms with E-state index < -0.39 is 13.1 Å². The van der Waals surface area contributed by atoms with E-state index >= 15 is 0 Å². The fraction of sp³-hybridized carbons (Fsp3) is 0.857. The maximum absolute atomic E-state index is 11.2. The Kier molecular flexibility index (Phi) is 3.71. The normalized spacial score (nSPS) is 24.1. The summed E-state index contributed by atoms with van der Waals surface area (Å²) in [6.07, 6.45) is 0. The third-order valence-corrected chi connectivity index (χ3v) is 2.12. The van der Waals surface area contributed by atoms with Crippen LogP contribution in [0.25, 0.3) is 0 Å². The highest BCUT2D eigenvalue weighted by atomic mass is 16.5. The van der Waals surface area contributed by atoms with Gasteiger partial charge in [-0.3, -0.25) is 4.79 Å². The van der Waals surface area contributed by atoms with Crippen molar-refractivity contribution in [3.05, 3.63) is 0 Å². The molecular formula is C7H14BNO4. The first-order valence-electron chi connectivity index (χ1n) is 4.26. The molecule has 0 saturated carbocycles. The number of methoxy groups -OCH3 is 1. The zero-order valence-corrected chi connectivity index (χ0v) is 7.90. The van der Waals surface area contributed by atoms with Crippen LogP contribution in [0.2, 0.25) is 6.82 Å². The van der Waals surface area contributed by atoms with Gasteiger partial charge in [0.05, 0.1) is 20.3 Å². The lowest BCUT2D eigenvalue weighted by atomic mass is 9.82. The van der Waals surface area contributed by atoms with Crippen LogP contribution in [0.1, 0.15) is 0 Å². The quantitative estimate of drug-likeness (QED) is 0.442. The highest BCUT2D eigenvalue weighted by molar-refractivity contribution is 6.45. The Morgan fingerprint density at radius 3 is 3.00 bits per heavy atom. The number of carbonyl (C=O) groups excluding carboxylic acids is 1. The minimum atomic E-state index is -0.645. The van der Waals surface area contributed by atoms with E-state index in [0.717, 1.165) is 0 Å². The molecule has 0 aliphatic carbocycles. The Balaban J connectivity index is 2.61. The van der Waals surface area contributed by atoms with Gasteiger partial charge in [-0.25, -0.2) is 0 Å². The average molecular weight is 187 g/mol. The van der Waals surface area contributed by atoms with Crippen molar-refractivity contribution in [1.82, 2.24) is 4.81 Å². The first-order valence-corrected chi connectivity index (χ1v) is 4.26. The van der Waals surface area contributed by atoms with E-state index in [1.165, 1.54) is 7.11 Å². The summed E-state index contributed by atoms with van der Waals surface area (Å²) in [6.45, 7) is 3.01. The first kappa shape index (κ1) is 10.5. The molecule has 0 aromatic carbocycles. The molecule has 1 unspecified atom stereocenters. The summed E-state index contributed by atoms with van der Waals surface area (Å²) in [7, 11) is 0.685. The predicted molar refractivity (Wildman–Crippen MR) is 47.2 cm³/mol. The van der Waals surface area contributed by atoms with Gasteiger partial charge in [0.2, 0.25) is 0 Å². The zero-order valence-electron chi connectivity index (χ0n) is 7.90. The van der Waals surface area contributed by atoms with E-state index in [1.54, 1.807) is 11.6 Å². The van der Waals surface area contributed by atoms with Crippen molar-refractivity contribution in [2.45, 2.75) is 12.9 Å². The van der Waals surface area contributed by atoms with Crippen LogP contribution in [0, 0.1) is 0 Å². The summed E-state index contributed by atoms with van der Waals surface area (Å²) in [4.78, 5) is 12.9. The summed E-state index contributed by atoms with van der Waals surface area (Å²) in [6, 6.07) is -0.473. The maximum atomic E-state index is 11.2. The second-order valence-corrected chi connectivity index (χ2v) is 2.98. The van der Waals surface area contributed by atoms with Crippen molar-refractivity contribution >= 4 is 13.0 Å². The molecule has 1 N–H and O–H groups in total. The molecule has 1 fully saturated rings. The lowest BCUT2D eigenvalue weighted by Gasteiger charge is -2.34. The molecule has 1 aliphatic heterocycles. The summed E-state index contributed by atoms with van der Waals surface area (Å²) >= 11 is 0. The minimum absolute atomic E-state index is 0.289. The van der Waals surface area contributed by atoms with Gasteiger partial charge in [-0.05, 0) is 6.82 Å². The number of hydrogen-bond acceptors (Lipinski definition) is 5. The molecule has 74 valence electrons. The number of hydrogen-bond donors (Lipinski definition) is 1. The molecule has 0 aromatic heterocycles. The van der Waals surface area contributed by atoms with E-state index in [-0.39, 0.29) is 12.6 Å². The molecule has 1 aliphatic rings. The Hall–Kier alpha value is -0.585. The summed E-state index contributed by atoms with van der Waals surface area (Å²) in [5.41, 5.74) is 0. The smallest absolute Gasteiger partial charge is 0.377 e. The molecule has 5 nitrogen and oxygen atoms in total. The molecule has 0 amide bonds. The van der Waals surface area contributed by atoms with Crippen molar-refractivity contribution in [1.29, 1.82) is 0 Å². The van der Waals surface area contributed by atoms with Crippen molar-refractivity contribution in [2.75, 3.05) is 26.9 Å². The monoisotopic (exact) mass is 187 g/mol.